The molecule has 2 aromatic carbocycles. The summed E-state index contributed by atoms with van der Waals surface area (Å²) in [5.74, 6) is -1.10. The molecule has 0 aromatic heterocycles. The van der Waals surface area contributed by atoms with Crippen LogP contribution in [0.4, 0.5) is 0 Å². The second-order valence-corrected chi connectivity index (χ2v) is 3.77. The molecule has 2 aromatic rings. The van der Waals surface area contributed by atoms with E-state index < -0.39 is 17.3 Å². The van der Waals surface area contributed by atoms with Gasteiger partial charge in [0.15, 0.2) is 5.71 Å². The van der Waals surface area contributed by atoms with Crippen LogP contribution in [0.25, 0.3) is 0 Å². The molecule has 0 saturated heterocycles. The highest BCUT2D eigenvalue weighted by Crippen LogP contribution is 2.06. The number of benzene rings is 2. The lowest BCUT2D eigenvalue weighted by Gasteiger charge is -2.02. The van der Waals surface area contributed by atoms with Crippen molar-refractivity contribution in [3.05, 3.63) is 71.8 Å². The molecule has 0 amide bonds. The lowest BCUT2D eigenvalue weighted by molar-refractivity contribution is 0.101. The Labute approximate surface area is 105 Å². The first-order chi connectivity index (χ1) is 8.70. The summed E-state index contributed by atoms with van der Waals surface area (Å²) in [6.45, 7) is 0. The Balaban J connectivity index is 2.23. The number of hydrogen-bond acceptors (Lipinski definition) is 3. The van der Waals surface area contributed by atoms with E-state index in [1.807, 2.05) is 0 Å². The molecule has 0 spiro atoms. The third-order valence-electron chi connectivity index (χ3n) is 2.53. The van der Waals surface area contributed by atoms with Crippen molar-refractivity contribution < 1.29 is 9.59 Å². The van der Waals surface area contributed by atoms with Crippen molar-refractivity contribution in [2.75, 3.05) is 0 Å². The maximum Gasteiger partial charge on any atom is 0.214 e. The molecule has 0 aliphatic rings. The van der Waals surface area contributed by atoms with Gasteiger partial charge >= 0.3 is 0 Å². The zero-order valence-corrected chi connectivity index (χ0v) is 9.59. The van der Waals surface area contributed by atoms with Crippen molar-refractivity contribution in [2.45, 2.75) is 0 Å². The fourth-order valence-electron chi connectivity index (χ4n) is 1.57. The van der Waals surface area contributed by atoms with Gasteiger partial charge < -0.3 is 0 Å². The number of Topliss-reactive ketones (excluding diaryl/α,β-unsaturated/α-hetero) is 2. The molecule has 3 nitrogen and oxygen atoms in total. The van der Waals surface area contributed by atoms with E-state index >= 15 is 0 Å². The average molecular weight is 237 g/mol. The SMILES string of the molecule is N=C(C(=O)c1ccccc1)C(=O)c1ccccc1. The predicted molar refractivity (Wildman–Crippen MR) is 69.3 cm³/mol. The first kappa shape index (κ1) is 11.9. The molecule has 0 aliphatic carbocycles. The zero-order valence-electron chi connectivity index (χ0n) is 9.59. The van der Waals surface area contributed by atoms with Crippen molar-refractivity contribution in [3.8, 4) is 0 Å². The van der Waals surface area contributed by atoms with Crippen LogP contribution in [-0.2, 0) is 0 Å². The summed E-state index contributed by atoms with van der Waals surface area (Å²) in [4.78, 5) is 23.8. The van der Waals surface area contributed by atoms with Gasteiger partial charge in [-0.05, 0) is 0 Å². The second-order valence-electron chi connectivity index (χ2n) is 3.77. The van der Waals surface area contributed by atoms with Crippen LogP contribution in [0.2, 0.25) is 0 Å². The van der Waals surface area contributed by atoms with E-state index in [0.717, 1.165) is 0 Å². The smallest absolute Gasteiger partial charge is 0.214 e. The van der Waals surface area contributed by atoms with Gasteiger partial charge in [-0.15, -0.1) is 0 Å². The lowest BCUT2D eigenvalue weighted by Crippen LogP contribution is -2.23. The molecule has 88 valence electrons. The van der Waals surface area contributed by atoms with Crippen LogP contribution < -0.4 is 0 Å². The van der Waals surface area contributed by atoms with Gasteiger partial charge in [0.25, 0.3) is 0 Å². The molecule has 0 heterocycles. The first-order valence-electron chi connectivity index (χ1n) is 5.48. The third kappa shape index (κ3) is 2.40. The number of carbonyl (C=O) groups excluding carboxylic acids is 2. The summed E-state index contributed by atoms with van der Waals surface area (Å²) in [6.07, 6.45) is 0. The monoisotopic (exact) mass is 237 g/mol. The summed E-state index contributed by atoms with van der Waals surface area (Å²) < 4.78 is 0. The Morgan fingerprint density at radius 1 is 0.667 bits per heavy atom. The molecule has 0 fully saturated rings. The highest BCUT2D eigenvalue weighted by molar-refractivity contribution is 6.70. The second kappa shape index (κ2) is 5.19. The largest absolute Gasteiger partial charge is 0.293 e. The van der Waals surface area contributed by atoms with Crippen LogP contribution in [0.5, 0.6) is 0 Å². The number of ketones is 2. The summed E-state index contributed by atoms with van der Waals surface area (Å²) in [5, 5.41) is 7.68. The molecule has 0 unspecified atom stereocenters. The van der Waals surface area contributed by atoms with Gasteiger partial charge in [0.2, 0.25) is 11.6 Å². The van der Waals surface area contributed by atoms with Crippen molar-refractivity contribution in [1.82, 2.24) is 0 Å². The van der Waals surface area contributed by atoms with Crippen LogP contribution in [0.15, 0.2) is 60.7 Å². The van der Waals surface area contributed by atoms with Crippen LogP contribution in [0, 0.1) is 5.41 Å². The minimum absolute atomic E-state index is 0.354. The van der Waals surface area contributed by atoms with E-state index in [9.17, 15) is 9.59 Å². The van der Waals surface area contributed by atoms with E-state index in [-0.39, 0.29) is 0 Å². The van der Waals surface area contributed by atoms with Gasteiger partial charge in [-0.25, -0.2) is 0 Å². The number of hydrogen-bond donors (Lipinski definition) is 1. The van der Waals surface area contributed by atoms with Crippen molar-refractivity contribution in [3.63, 3.8) is 0 Å². The molecule has 2 rings (SSSR count). The van der Waals surface area contributed by atoms with Gasteiger partial charge in [0, 0.05) is 11.1 Å². The van der Waals surface area contributed by atoms with Crippen molar-refractivity contribution >= 4 is 17.3 Å². The van der Waals surface area contributed by atoms with E-state index in [0.29, 0.717) is 11.1 Å². The first-order valence-corrected chi connectivity index (χ1v) is 5.48. The topological polar surface area (TPSA) is 58.0 Å². The van der Waals surface area contributed by atoms with Crippen LogP contribution >= 0.6 is 0 Å². The van der Waals surface area contributed by atoms with E-state index in [1.165, 1.54) is 0 Å². The Morgan fingerprint density at radius 2 is 1.00 bits per heavy atom. The van der Waals surface area contributed by atoms with Crippen LogP contribution in [-0.4, -0.2) is 17.3 Å². The standard InChI is InChI=1S/C15H11NO2/c16-13(14(17)11-7-3-1-4-8-11)15(18)12-9-5-2-6-10-12/h1-10,16H. The minimum atomic E-state index is -0.551. The summed E-state index contributed by atoms with van der Waals surface area (Å²) in [7, 11) is 0. The normalized spacial score (nSPS) is 9.78. The molecule has 0 bridgehead atoms. The Hall–Kier alpha value is -2.55. The highest BCUT2D eigenvalue weighted by atomic mass is 16.1. The van der Waals surface area contributed by atoms with Gasteiger partial charge in [-0.1, -0.05) is 60.7 Å². The summed E-state index contributed by atoms with van der Waals surface area (Å²) >= 11 is 0. The number of carbonyl (C=O) groups is 2. The molecule has 0 radical (unpaired) electrons. The molecular weight excluding hydrogens is 226 g/mol. The van der Waals surface area contributed by atoms with E-state index in [1.54, 1.807) is 60.7 Å². The quantitative estimate of drug-likeness (QED) is 0.505. The van der Waals surface area contributed by atoms with Gasteiger partial charge in [0.05, 0.1) is 0 Å². The van der Waals surface area contributed by atoms with Gasteiger partial charge in [-0.2, -0.15) is 0 Å². The highest BCUT2D eigenvalue weighted by Gasteiger charge is 2.20. The Kier molecular flexibility index (Phi) is 3.44. The number of nitrogens with one attached hydrogen (secondary N) is 1. The fraction of sp³-hybridized carbons (Fsp3) is 0. The average Bonchev–Trinajstić information content (AvgIpc) is 2.47. The minimum Gasteiger partial charge on any atom is -0.293 e. The zero-order chi connectivity index (χ0) is 13.0. The maximum absolute atomic E-state index is 11.9. The van der Waals surface area contributed by atoms with Gasteiger partial charge in [-0.3, -0.25) is 15.0 Å². The lowest BCUT2D eigenvalue weighted by atomic mass is 10.00. The Bertz CT molecular complexity index is 535. The summed E-state index contributed by atoms with van der Waals surface area (Å²) in [6, 6.07) is 16.7. The van der Waals surface area contributed by atoms with Crippen molar-refractivity contribution in [1.29, 1.82) is 5.41 Å². The summed E-state index contributed by atoms with van der Waals surface area (Å²) in [5.41, 5.74) is 0.200. The van der Waals surface area contributed by atoms with Gasteiger partial charge in [0.1, 0.15) is 0 Å². The molecular formula is C15H11NO2. The van der Waals surface area contributed by atoms with Crippen molar-refractivity contribution in [2.24, 2.45) is 0 Å². The Morgan fingerprint density at radius 3 is 1.33 bits per heavy atom. The predicted octanol–water partition coefficient (Wildman–Crippen LogP) is 2.77. The molecule has 0 saturated carbocycles. The fourth-order valence-corrected chi connectivity index (χ4v) is 1.57. The molecule has 1 N–H and O–H groups in total. The molecule has 0 atom stereocenters. The van der Waals surface area contributed by atoms with Crippen LogP contribution in [0.3, 0.4) is 0 Å². The van der Waals surface area contributed by atoms with E-state index in [4.69, 9.17) is 5.41 Å². The van der Waals surface area contributed by atoms with Crippen LogP contribution in [0.1, 0.15) is 20.7 Å². The van der Waals surface area contributed by atoms with E-state index in [2.05, 4.69) is 0 Å². The molecule has 18 heavy (non-hydrogen) atoms. The third-order valence-corrected chi connectivity index (χ3v) is 2.53. The molecule has 0 aliphatic heterocycles. The molecule has 3 heteroatoms. The number of rotatable bonds is 4. The maximum atomic E-state index is 11.9.